The quantitative estimate of drug-likeness (QED) is 0.549. The number of anilines is 1. The molecule has 29 heavy (non-hydrogen) atoms. The van der Waals surface area contributed by atoms with Gasteiger partial charge in [-0.2, -0.15) is 0 Å². The van der Waals surface area contributed by atoms with Crippen LogP contribution in [0.25, 0.3) is 0 Å². The Labute approximate surface area is 181 Å². The lowest BCUT2D eigenvalue weighted by molar-refractivity contribution is -0.118. The van der Waals surface area contributed by atoms with Crippen LogP contribution in [0, 0.1) is 5.92 Å². The van der Waals surface area contributed by atoms with Crippen molar-refractivity contribution in [1.82, 2.24) is 5.32 Å². The first-order chi connectivity index (χ1) is 14.2. The molecule has 1 aliphatic rings. The third kappa shape index (κ3) is 6.54. The van der Waals surface area contributed by atoms with Gasteiger partial charge in [0.1, 0.15) is 0 Å². The molecule has 0 saturated heterocycles. The van der Waals surface area contributed by atoms with E-state index in [1.165, 1.54) is 43.9 Å². The van der Waals surface area contributed by atoms with Crippen molar-refractivity contribution in [2.24, 2.45) is 5.92 Å². The summed E-state index contributed by atoms with van der Waals surface area (Å²) in [6.07, 6.45) is 8.29. The number of hydrogen-bond donors (Lipinski definition) is 2. The van der Waals surface area contributed by atoms with Gasteiger partial charge in [-0.25, -0.2) is 0 Å². The molecule has 1 fully saturated rings. The number of carbonyl (C=O) groups is 2. The van der Waals surface area contributed by atoms with Crippen molar-refractivity contribution in [2.75, 3.05) is 23.9 Å². The van der Waals surface area contributed by atoms with Gasteiger partial charge in [-0.1, -0.05) is 43.5 Å². The van der Waals surface area contributed by atoms with Crippen LogP contribution in [-0.2, 0) is 4.79 Å². The van der Waals surface area contributed by atoms with Gasteiger partial charge in [0.25, 0.3) is 5.91 Å². The molecule has 2 N–H and O–H groups in total. The SMILES string of the molecule is CSc1ccccc1NC(=O)c1ccccc1SCC(=O)NCC1CCCCC1. The van der Waals surface area contributed by atoms with E-state index in [2.05, 4.69) is 10.6 Å². The number of thioether (sulfide) groups is 2. The van der Waals surface area contributed by atoms with Gasteiger partial charge in [-0.15, -0.1) is 23.5 Å². The first-order valence-electron chi connectivity index (χ1n) is 10.1. The molecule has 0 bridgehead atoms. The molecular formula is C23H28N2O2S2. The largest absolute Gasteiger partial charge is 0.355 e. The normalized spacial score (nSPS) is 14.4. The summed E-state index contributed by atoms with van der Waals surface area (Å²) in [5.74, 6) is 0.811. The number of benzene rings is 2. The average Bonchev–Trinajstić information content (AvgIpc) is 2.77. The minimum Gasteiger partial charge on any atom is -0.355 e. The second-order valence-electron chi connectivity index (χ2n) is 7.25. The van der Waals surface area contributed by atoms with Crippen molar-refractivity contribution in [3.63, 3.8) is 0 Å². The van der Waals surface area contributed by atoms with Crippen molar-refractivity contribution in [3.05, 3.63) is 54.1 Å². The van der Waals surface area contributed by atoms with Gasteiger partial charge in [0.05, 0.1) is 17.0 Å². The monoisotopic (exact) mass is 428 g/mol. The zero-order valence-corrected chi connectivity index (χ0v) is 18.4. The maximum atomic E-state index is 12.8. The molecule has 1 aliphatic carbocycles. The summed E-state index contributed by atoms with van der Waals surface area (Å²) in [5, 5.41) is 6.06. The third-order valence-electron chi connectivity index (χ3n) is 5.16. The van der Waals surface area contributed by atoms with Gasteiger partial charge in [0.15, 0.2) is 0 Å². The second-order valence-corrected chi connectivity index (χ2v) is 9.11. The van der Waals surface area contributed by atoms with Crippen LogP contribution in [0.4, 0.5) is 5.69 Å². The Hall–Kier alpha value is -1.92. The van der Waals surface area contributed by atoms with E-state index in [-0.39, 0.29) is 11.8 Å². The maximum Gasteiger partial charge on any atom is 0.256 e. The Bertz CT molecular complexity index is 835. The molecule has 0 aromatic heterocycles. The van der Waals surface area contributed by atoms with Crippen LogP contribution in [0.2, 0.25) is 0 Å². The van der Waals surface area contributed by atoms with E-state index in [0.29, 0.717) is 17.2 Å². The van der Waals surface area contributed by atoms with E-state index in [1.54, 1.807) is 17.8 Å². The number of rotatable bonds is 8. The van der Waals surface area contributed by atoms with Crippen LogP contribution < -0.4 is 10.6 Å². The molecule has 2 aromatic carbocycles. The summed E-state index contributed by atoms with van der Waals surface area (Å²) in [6.45, 7) is 0.771. The van der Waals surface area contributed by atoms with Crippen molar-refractivity contribution >= 4 is 41.0 Å². The van der Waals surface area contributed by atoms with Gasteiger partial charge in [-0.05, 0) is 49.3 Å². The molecule has 2 aromatic rings. The van der Waals surface area contributed by atoms with E-state index in [0.717, 1.165) is 22.0 Å². The zero-order valence-electron chi connectivity index (χ0n) is 16.8. The predicted molar refractivity (Wildman–Crippen MR) is 123 cm³/mol. The first kappa shape index (κ1) is 21.8. The molecular weight excluding hydrogens is 400 g/mol. The molecule has 6 heteroatoms. The molecule has 2 amide bonds. The van der Waals surface area contributed by atoms with E-state index >= 15 is 0 Å². The zero-order chi connectivity index (χ0) is 20.5. The van der Waals surface area contributed by atoms with Crippen molar-refractivity contribution in [1.29, 1.82) is 0 Å². The topological polar surface area (TPSA) is 58.2 Å². The number of para-hydroxylation sites is 1. The van der Waals surface area contributed by atoms with Crippen LogP contribution >= 0.6 is 23.5 Å². The Morgan fingerprint density at radius 1 is 0.966 bits per heavy atom. The van der Waals surface area contributed by atoms with Crippen molar-refractivity contribution in [2.45, 2.75) is 41.9 Å². The lowest BCUT2D eigenvalue weighted by atomic mass is 9.89. The highest BCUT2D eigenvalue weighted by Crippen LogP contribution is 2.28. The maximum absolute atomic E-state index is 12.8. The third-order valence-corrected chi connectivity index (χ3v) is 7.03. The lowest BCUT2D eigenvalue weighted by Gasteiger charge is -2.21. The average molecular weight is 429 g/mol. The van der Waals surface area contributed by atoms with Gasteiger partial charge < -0.3 is 10.6 Å². The van der Waals surface area contributed by atoms with Gasteiger partial charge in [-0.3, -0.25) is 9.59 Å². The fourth-order valence-corrected chi connectivity index (χ4v) is 4.99. The second kappa shape index (κ2) is 11.3. The highest BCUT2D eigenvalue weighted by Gasteiger charge is 2.16. The highest BCUT2D eigenvalue weighted by molar-refractivity contribution is 8.00. The van der Waals surface area contributed by atoms with E-state index in [4.69, 9.17) is 0 Å². The lowest BCUT2D eigenvalue weighted by Crippen LogP contribution is -2.31. The molecule has 154 valence electrons. The van der Waals surface area contributed by atoms with E-state index in [1.807, 2.05) is 48.7 Å². The smallest absolute Gasteiger partial charge is 0.256 e. The van der Waals surface area contributed by atoms with Crippen molar-refractivity contribution in [3.8, 4) is 0 Å². The molecule has 0 unspecified atom stereocenters. The molecule has 0 radical (unpaired) electrons. The minimum atomic E-state index is -0.155. The molecule has 3 rings (SSSR count). The summed E-state index contributed by atoms with van der Waals surface area (Å²) >= 11 is 3.01. The van der Waals surface area contributed by atoms with Crippen molar-refractivity contribution < 1.29 is 9.59 Å². The number of nitrogens with one attached hydrogen (secondary N) is 2. The van der Waals surface area contributed by atoms with E-state index in [9.17, 15) is 9.59 Å². The molecule has 0 atom stereocenters. The van der Waals surface area contributed by atoms with Gasteiger partial charge >= 0.3 is 0 Å². The highest BCUT2D eigenvalue weighted by atomic mass is 32.2. The predicted octanol–water partition coefficient (Wildman–Crippen LogP) is 5.45. The molecule has 4 nitrogen and oxygen atoms in total. The minimum absolute atomic E-state index is 0.0310. The molecule has 1 saturated carbocycles. The Kier molecular flexibility index (Phi) is 8.50. The summed E-state index contributed by atoms with van der Waals surface area (Å²) in [7, 11) is 0. The van der Waals surface area contributed by atoms with Crippen LogP contribution in [-0.4, -0.2) is 30.4 Å². The number of amides is 2. The Morgan fingerprint density at radius 3 is 2.41 bits per heavy atom. The Morgan fingerprint density at radius 2 is 1.66 bits per heavy atom. The fourth-order valence-electron chi connectivity index (χ4n) is 3.56. The van der Waals surface area contributed by atoms with Crippen LogP contribution in [0.3, 0.4) is 0 Å². The molecule has 0 spiro atoms. The summed E-state index contributed by atoms with van der Waals surface area (Å²) in [4.78, 5) is 27.0. The van der Waals surface area contributed by atoms with Crippen LogP contribution in [0.1, 0.15) is 42.5 Å². The van der Waals surface area contributed by atoms with Crippen LogP contribution in [0.5, 0.6) is 0 Å². The summed E-state index contributed by atoms with van der Waals surface area (Å²) < 4.78 is 0. The standard InChI is InChI=1S/C23H28N2O2S2/c1-28-21-14-8-6-12-19(21)25-23(27)18-11-5-7-13-20(18)29-16-22(26)24-15-17-9-3-2-4-10-17/h5-8,11-14,17H,2-4,9-10,15-16H2,1H3,(H,24,26)(H,25,27). The fraction of sp³-hybridized carbons (Fsp3) is 0.391. The summed E-state index contributed by atoms with van der Waals surface area (Å²) in [6, 6.07) is 15.2. The van der Waals surface area contributed by atoms with Crippen LogP contribution in [0.15, 0.2) is 58.3 Å². The van der Waals surface area contributed by atoms with E-state index < -0.39 is 0 Å². The number of hydrogen-bond acceptors (Lipinski definition) is 4. The molecule has 0 heterocycles. The van der Waals surface area contributed by atoms with Gasteiger partial charge in [0, 0.05) is 16.3 Å². The summed E-state index contributed by atoms with van der Waals surface area (Å²) in [5.41, 5.74) is 1.39. The van der Waals surface area contributed by atoms with Gasteiger partial charge in [0.2, 0.25) is 5.91 Å². The first-order valence-corrected chi connectivity index (χ1v) is 12.3. The number of carbonyl (C=O) groups excluding carboxylic acids is 2. The molecule has 0 aliphatic heterocycles. The Balaban J connectivity index is 1.56.